The minimum atomic E-state index is -0.881. The van der Waals surface area contributed by atoms with E-state index >= 15 is 0 Å². The van der Waals surface area contributed by atoms with Gasteiger partial charge in [-0.3, -0.25) is 4.79 Å². The number of rotatable bonds is 3. The molecule has 0 spiro atoms. The number of likely N-dealkylation sites (tertiary alicyclic amines) is 1. The zero-order valence-electron chi connectivity index (χ0n) is 13.7. The molecule has 0 unspecified atom stereocenters. The average molecular weight is 309 g/mol. The molecule has 120 valence electrons. The maximum atomic E-state index is 13.1. The maximum Gasteiger partial charge on any atom is 0.254 e. The third-order valence-corrected chi connectivity index (χ3v) is 4.57. The molecule has 23 heavy (non-hydrogen) atoms. The van der Waals surface area contributed by atoms with Gasteiger partial charge in [0, 0.05) is 12.1 Å². The summed E-state index contributed by atoms with van der Waals surface area (Å²) in [5.74, 6) is 0.00841. The Morgan fingerprint density at radius 2 is 1.74 bits per heavy atom. The van der Waals surface area contributed by atoms with Crippen LogP contribution in [0.3, 0.4) is 0 Å². The topological polar surface area (TPSA) is 40.5 Å². The van der Waals surface area contributed by atoms with E-state index < -0.39 is 5.60 Å². The summed E-state index contributed by atoms with van der Waals surface area (Å²) < 4.78 is 0. The Labute approximate surface area is 137 Å². The summed E-state index contributed by atoms with van der Waals surface area (Å²) in [7, 11) is 0. The van der Waals surface area contributed by atoms with Crippen LogP contribution in [0.15, 0.2) is 54.6 Å². The van der Waals surface area contributed by atoms with Crippen molar-refractivity contribution < 1.29 is 9.90 Å². The van der Waals surface area contributed by atoms with Crippen molar-refractivity contribution in [3.8, 4) is 11.1 Å². The van der Waals surface area contributed by atoms with Crippen molar-refractivity contribution in [2.75, 3.05) is 6.54 Å². The second-order valence-corrected chi connectivity index (χ2v) is 6.72. The van der Waals surface area contributed by atoms with Gasteiger partial charge in [-0.05, 0) is 43.9 Å². The van der Waals surface area contributed by atoms with Crippen LogP contribution in [0, 0.1) is 0 Å². The standard InChI is InChI=1S/C20H23NO2/c1-20(2,23)18-13-8-14-21(18)19(22)17-12-7-6-11-16(17)15-9-4-3-5-10-15/h3-7,9-12,18,23H,8,13-14H2,1-2H3/t18-/m0/s1. The lowest BCUT2D eigenvalue weighted by Gasteiger charge is -2.34. The lowest BCUT2D eigenvalue weighted by atomic mass is 9.95. The van der Waals surface area contributed by atoms with Crippen molar-refractivity contribution in [2.24, 2.45) is 0 Å². The zero-order valence-corrected chi connectivity index (χ0v) is 13.7. The molecule has 0 aromatic heterocycles. The highest BCUT2D eigenvalue weighted by molar-refractivity contribution is 6.01. The molecule has 1 amide bonds. The first-order chi connectivity index (χ1) is 11.0. The van der Waals surface area contributed by atoms with E-state index in [4.69, 9.17) is 0 Å². The molecule has 0 bridgehead atoms. The van der Waals surface area contributed by atoms with Crippen LogP contribution in [0.5, 0.6) is 0 Å². The van der Waals surface area contributed by atoms with Crippen LogP contribution >= 0.6 is 0 Å². The summed E-state index contributed by atoms with van der Waals surface area (Å²) in [6.45, 7) is 4.27. The van der Waals surface area contributed by atoms with E-state index in [1.807, 2.05) is 59.5 Å². The number of aliphatic hydroxyl groups is 1. The van der Waals surface area contributed by atoms with E-state index in [1.54, 1.807) is 13.8 Å². The summed E-state index contributed by atoms with van der Waals surface area (Å²) in [6.07, 6.45) is 1.79. The van der Waals surface area contributed by atoms with Gasteiger partial charge < -0.3 is 10.0 Å². The molecule has 1 fully saturated rings. The minimum Gasteiger partial charge on any atom is -0.388 e. The fourth-order valence-corrected chi connectivity index (χ4v) is 3.44. The summed E-state index contributed by atoms with van der Waals surface area (Å²) in [5, 5.41) is 10.4. The Morgan fingerprint density at radius 3 is 2.43 bits per heavy atom. The molecule has 1 N–H and O–H groups in total. The van der Waals surface area contributed by atoms with Gasteiger partial charge in [0.15, 0.2) is 0 Å². The van der Waals surface area contributed by atoms with E-state index in [0.717, 1.165) is 24.0 Å². The molecule has 3 heteroatoms. The van der Waals surface area contributed by atoms with Gasteiger partial charge in [0.2, 0.25) is 0 Å². The Morgan fingerprint density at radius 1 is 1.09 bits per heavy atom. The highest BCUT2D eigenvalue weighted by atomic mass is 16.3. The lowest BCUT2D eigenvalue weighted by Crippen LogP contribution is -2.48. The molecule has 3 rings (SSSR count). The van der Waals surface area contributed by atoms with E-state index in [2.05, 4.69) is 0 Å². The van der Waals surface area contributed by atoms with E-state index in [9.17, 15) is 9.90 Å². The Balaban J connectivity index is 1.98. The monoisotopic (exact) mass is 309 g/mol. The molecular formula is C20H23NO2. The maximum absolute atomic E-state index is 13.1. The summed E-state index contributed by atoms with van der Waals surface area (Å²) in [4.78, 5) is 14.9. The Hall–Kier alpha value is -2.13. The van der Waals surface area contributed by atoms with Crippen LogP contribution in [0.25, 0.3) is 11.1 Å². The van der Waals surface area contributed by atoms with Gasteiger partial charge >= 0.3 is 0 Å². The van der Waals surface area contributed by atoms with E-state index in [-0.39, 0.29) is 11.9 Å². The van der Waals surface area contributed by atoms with Crippen molar-refractivity contribution >= 4 is 5.91 Å². The number of hydrogen-bond donors (Lipinski definition) is 1. The number of carbonyl (C=O) groups is 1. The number of nitrogens with zero attached hydrogens (tertiary/aromatic N) is 1. The first kappa shape index (κ1) is 15.8. The largest absolute Gasteiger partial charge is 0.388 e. The second kappa shape index (κ2) is 6.17. The normalized spacial score (nSPS) is 18.2. The molecule has 2 aromatic carbocycles. The van der Waals surface area contributed by atoms with Gasteiger partial charge in [0.1, 0.15) is 0 Å². The van der Waals surface area contributed by atoms with Crippen LogP contribution in [-0.2, 0) is 0 Å². The molecular weight excluding hydrogens is 286 g/mol. The van der Waals surface area contributed by atoms with Crippen molar-refractivity contribution in [3.05, 3.63) is 60.2 Å². The van der Waals surface area contributed by atoms with Crippen LogP contribution < -0.4 is 0 Å². The highest BCUT2D eigenvalue weighted by Gasteiger charge is 2.39. The average Bonchev–Trinajstić information content (AvgIpc) is 3.05. The minimum absolute atomic E-state index is 0.00841. The lowest BCUT2D eigenvalue weighted by molar-refractivity contribution is 0.000364. The smallest absolute Gasteiger partial charge is 0.254 e. The van der Waals surface area contributed by atoms with Crippen LogP contribution in [-0.4, -0.2) is 34.1 Å². The molecule has 1 aliphatic heterocycles. The fourth-order valence-electron chi connectivity index (χ4n) is 3.44. The molecule has 0 aliphatic carbocycles. The predicted octanol–water partition coefficient (Wildman–Crippen LogP) is 3.73. The van der Waals surface area contributed by atoms with Gasteiger partial charge in [0.25, 0.3) is 5.91 Å². The molecule has 2 aromatic rings. The Bertz CT molecular complexity index is 688. The molecule has 3 nitrogen and oxygen atoms in total. The fraction of sp³-hybridized carbons (Fsp3) is 0.350. The molecule has 1 aliphatic rings. The van der Waals surface area contributed by atoms with Crippen LogP contribution in [0.4, 0.5) is 0 Å². The van der Waals surface area contributed by atoms with Gasteiger partial charge in [-0.25, -0.2) is 0 Å². The van der Waals surface area contributed by atoms with Crippen LogP contribution in [0.1, 0.15) is 37.0 Å². The number of hydrogen-bond acceptors (Lipinski definition) is 2. The first-order valence-electron chi connectivity index (χ1n) is 8.16. The SMILES string of the molecule is CC(C)(O)[C@@H]1CCCN1C(=O)c1ccccc1-c1ccccc1. The van der Waals surface area contributed by atoms with E-state index in [1.165, 1.54) is 0 Å². The molecule has 1 saturated heterocycles. The van der Waals surface area contributed by atoms with Crippen molar-refractivity contribution in [1.82, 2.24) is 4.90 Å². The third-order valence-electron chi connectivity index (χ3n) is 4.57. The number of benzene rings is 2. The quantitative estimate of drug-likeness (QED) is 0.938. The van der Waals surface area contributed by atoms with Crippen LogP contribution in [0.2, 0.25) is 0 Å². The van der Waals surface area contributed by atoms with Gasteiger partial charge in [-0.2, -0.15) is 0 Å². The summed E-state index contributed by atoms with van der Waals surface area (Å²) in [6, 6.07) is 17.6. The van der Waals surface area contributed by atoms with Crippen molar-refractivity contribution in [3.63, 3.8) is 0 Å². The molecule has 1 heterocycles. The highest BCUT2D eigenvalue weighted by Crippen LogP contribution is 2.31. The Kier molecular flexibility index (Phi) is 4.22. The van der Waals surface area contributed by atoms with Gasteiger partial charge in [-0.1, -0.05) is 48.5 Å². The number of carbonyl (C=O) groups excluding carboxylic acids is 1. The van der Waals surface area contributed by atoms with Gasteiger partial charge in [0.05, 0.1) is 11.6 Å². The summed E-state index contributed by atoms with van der Waals surface area (Å²) in [5.41, 5.74) is 1.80. The van der Waals surface area contributed by atoms with Crippen molar-refractivity contribution in [1.29, 1.82) is 0 Å². The summed E-state index contributed by atoms with van der Waals surface area (Å²) >= 11 is 0. The molecule has 1 atom stereocenters. The zero-order chi connectivity index (χ0) is 16.4. The molecule has 0 saturated carbocycles. The van der Waals surface area contributed by atoms with E-state index in [0.29, 0.717) is 12.1 Å². The molecule has 0 radical (unpaired) electrons. The predicted molar refractivity (Wildman–Crippen MR) is 92.2 cm³/mol. The van der Waals surface area contributed by atoms with Crippen molar-refractivity contribution in [2.45, 2.75) is 38.3 Å². The number of amides is 1. The van der Waals surface area contributed by atoms with Gasteiger partial charge in [-0.15, -0.1) is 0 Å². The second-order valence-electron chi connectivity index (χ2n) is 6.72. The third kappa shape index (κ3) is 3.15. The first-order valence-corrected chi connectivity index (χ1v) is 8.16.